The minimum absolute atomic E-state index is 0.212. The van der Waals surface area contributed by atoms with E-state index in [0.717, 1.165) is 33.6 Å². The maximum absolute atomic E-state index is 6.08. The Balaban J connectivity index is 1.32. The Hall–Kier alpha value is -4.53. The van der Waals surface area contributed by atoms with Gasteiger partial charge >= 0.3 is 0 Å². The van der Waals surface area contributed by atoms with Gasteiger partial charge in [-0.15, -0.1) is 10.2 Å². The first-order chi connectivity index (χ1) is 15.8. The van der Waals surface area contributed by atoms with Gasteiger partial charge in [0.05, 0.1) is 18.3 Å². The number of ether oxygens (including phenoxy) is 2. The lowest BCUT2D eigenvalue weighted by atomic mass is 10.2. The van der Waals surface area contributed by atoms with Gasteiger partial charge in [-0.05, 0) is 42.5 Å². The largest absolute Gasteiger partial charge is 0.497 e. The number of fused-ring (bicyclic) bond motifs is 3. The van der Waals surface area contributed by atoms with Crippen molar-refractivity contribution in [2.24, 2.45) is 0 Å². The number of pyridine rings is 2. The Bertz CT molecular complexity index is 1590. The van der Waals surface area contributed by atoms with Crippen LogP contribution < -0.4 is 9.47 Å². The molecule has 5 aromatic heterocycles. The van der Waals surface area contributed by atoms with Crippen LogP contribution in [0.4, 0.5) is 0 Å². The fourth-order valence-corrected chi connectivity index (χ4v) is 3.65. The Morgan fingerprint density at radius 2 is 1.84 bits per heavy atom. The molecule has 0 aliphatic rings. The van der Waals surface area contributed by atoms with E-state index in [1.165, 1.54) is 0 Å². The van der Waals surface area contributed by atoms with Crippen LogP contribution in [0, 0.1) is 0 Å². The molecule has 156 valence electrons. The number of methoxy groups -OCH3 is 1. The second-order valence-electron chi connectivity index (χ2n) is 7.20. The van der Waals surface area contributed by atoms with Crippen LogP contribution in [0.2, 0.25) is 0 Å². The van der Waals surface area contributed by atoms with E-state index in [1.807, 2.05) is 65.3 Å². The van der Waals surface area contributed by atoms with Crippen LogP contribution in [0.25, 0.3) is 33.5 Å². The molecule has 5 heterocycles. The summed E-state index contributed by atoms with van der Waals surface area (Å²) in [5.74, 6) is 2.05. The van der Waals surface area contributed by atoms with Crippen LogP contribution in [-0.4, -0.2) is 41.3 Å². The Labute approximate surface area is 181 Å². The summed E-state index contributed by atoms with van der Waals surface area (Å²) in [6.45, 7) is 0.212. The zero-order valence-corrected chi connectivity index (χ0v) is 17.1. The first kappa shape index (κ1) is 18.3. The summed E-state index contributed by atoms with van der Waals surface area (Å²) in [6, 6.07) is 15.3. The zero-order valence-electron chi connectivity index (χ0n) is 17.1. The number of nitrogens with zero attached hydrogens (tertiary/aromatic N) is 7. The molecule has 0 amide bonds. The van der Waals surface area contributed by atoms with Gasteiger partial charge in [-0.25, -0.2) is 4.98 Å². The van der Waals surface area contributed by atoms with E-state index in [-0.39, 0.29) is 6.61 Å². The van der Waals surface area contributed by atoms with Crippen LogP contribution in [0.15, 0.2) is 73.3 Å². The summed E-state index contributed by atoms with van der Waals surface area (Å²) >= 11 is 0. The van der Waals surface area contributed by atoms with Gasteiger partial charge in [0.25, 0.3) is 0 Å². The van der Waals surface area contributed by atoms with Crippen molar-refractivity contribution in [3.63, 3.8) is 0 Å². The summed E-state index contributed by atoms with van der Waals surface area (Å²) in [4.78, 5) is 8.68. The molecule has 0 N–H and O–H groups in total. The van der Waals surface area contributed by atoms with Crippen molar-refractivity contribution >= 4 is 22.2 Å². The van der Waals surface area contributed by atoms with Gasteiger partial charge in [-0.2, -0.15) is 9.61 Å². The van der Waals surface area contributed by atoms with Gasteiger partial charge in [-0.1, -0.05) is 0 Å². The number of imidazole rings is 1. The Morgan fingerprint density at radius 3 is 2.78 bits per heavy atom. The lowest BCUT2D eigenvalue weighted by Gasteiger charge is -2.09. The summed E-state index contributed by atoms with van der Waals surface area (Å²) in [5.41, 5.74) is 4.10. The zero-order chi connectivity index (χ0) is 21.5. The number of hydrogen-bond donors (Lipinski definition) is 0. The minimum Gasteiger partial charge on any atom is -0.497 e. The third kappa shape index (κ3) is 3.07. The van der Waals surface area contributed by atoms with Gasteiger partial charge in [0, 0.05) is 41.8 Å². The van der Waals surface area contributed by atoms with E-state index in [9.17, 15) is 0 Å². The molecule has 0 radical (unpaired) electrons. The van der Waals surface area contributed by atoms with E-state index < -0.39 is 0 Å². The van der Waals surface area contributed by atoms with Crippen LogP contribution >= 0.6 is 0 Å². The molecular weight excluding hydrogens is 406 g/mol. The van der Waals surface area contributed by atoms with Crippen LogP contribution in [0.3, 0.4) is 0 Å². The van der Waals surface area contributed by atoms with Gasteiger partial charge < -0.3 is 13.9 Å². The van der Waals surface area contributed by atoms with Crippen molar-refractivity contribution in [2.75, 3.05) is 7.11 Å². The highest BCUT2D eigenvalue weighted by atomic mass is 16.5. The lowest BCUT2D eigenvalue weighted by Crippen LogP contribution is -2.05. The van der Waals surface area contributed by atoms with E-state index in [4.69, 9.17) is 14.6 Å². The van der Waals surface area contributed by atoms with E-state index in [1.54, 1.807) is 24.0 Å². The second kappa shape index (κ2) is 7.31. The smallest absolute Gasteiger partial charge is 0.192 e. The number of benzene rings is 1. The fourth-order valence-electron chi connectivity index (χ4n) is 3.65. The van der Waals surface area contributed by atoms with Gasteiger partial charge in [-0.3, -0.25) is 4.98 Å². The highest BCUT2D eigenvalue weighted by Gasteiger charge is 2.12. The summed E-state index contributed by atoms with van der Waals surface area (Å²) in [6.07, 6.45) is 7.38. The monoisotopic (exact) mass is 423 g/mol. The number of hydrogen-bond acceptors (Lipinski definition) is 7. The maximum Gasteiger partial charge on any atom is 0.192 e. The average molecular weight is 423 g/mol. The van der Waals surface area contributed by atoms with Crippen molar-refractivity contribution in [1.82, 2.24) is 34.2 Å². The van der Waals surface area contributed by atoms with Crippen molar-refractivity contribution in [1.29, 1.82) is 0 Å². The molecule has 9 nitrogen and oxygen atoms in total. The van der Waals surface area contributed by atoms with Crippen LogP contribution in [-0.2, 0) is 6.61 Å². The molecular formula is C23H17N7O2. The Morgan fingerprint density at radius 1 is 0.906 bits per heavy atom. The third-order valence-corrected chi connectivity index (χ3v) is 5.28. The van der Waals surface area contributed by atoms with E-state index >= 15 is 0 Å². The van der Waals surface area contributed by atoms with Gasteiger partial charge in [0.1, 0.15) is 23.8 Å². The second-order valence-corrected chi connectivity index (χ2v) is 7.20. The van der Waals surface area contributed by atoms with Crippen molar-refractivity contribution < 1.29 is 9.47 Å². The molecule has 6 aromatic rings. The molecule has 0 saturated carbocycles. The normalized spacial score (nSPS) is 11.4. The SMILES string of the molecule is COc1ccc2c(OCc3nnc4ccc(-c5ccc6nccn6c5)nn34)ccnc2c1. The summed E-state index contributed by atoms with van der Waals surface area (Å²) in [7, 11) is 1.63. The molecule has 0 fully saturated rings. The first-order valence-electron chi connectivity index (χ1n) is 9.98. The molecule has 32 heavy (non-hydrogen) atoms. The molecule has 0 saturated heterocycles. The number of aromatic nitrogens is 7. The van der Waals surface area contributed by atoms with Crippen molar-refractivity contribution in [2.45, 2.75) is 6.61 Å². The highest BCUT2D eigenvalue weighted by molar-refractivity contribution is 5.85. The topological polar surface area (TPSA) is 91.7 Å². The standard InChI is InChI=1S/C23H17N7O2/c1-31-16-3-4-17-19(12-16)24-9-8-20(17)32-14-23-27-26-22-7-5-18(28-30(22)23)15-2-6-21-25-10-11-29(21)13-15/h2-13H,14H2,1H3. The van der Waals surface area contributed by atoms with E-state index in [2.05, 4.69) is 20.2 Å². The molecule has 0 atom stereocenters. The predicted molar refractivity (Wildman–Crippen MR) is 118 cm³/mol. The maximum atomic E-state index is 6.08. The summed E-state index contributed by atoms with van der Waals surface area (Å²) < 4.78 is 15.0. The molecule has 0 spiro atoms. The Kier molecular flexibility index (Phi) is 4.17. The molecule has 6 rings (SSSR count). The van der Waals surface area contributed by atoms with Gasteiger partial charge in [0.2, 0.25) is 0 Å². The van der Waals surface area contributed by atoms with Gasteiger partial charge in [0.15, 0.2) is 11.5 Å². The number of rotatable bonds is 5. The fraction of sp³-hybridized carbons (Fsp3) is 0.0870. The highest BCUT2D eigenvalue weighted by Crippen LogP contribution is 2.27. The molecule has 1 aromatic carbocycles. The average Bonchev–Trinajstić information content (AvgIpc) is 3.48. The molecule has 0 aliphatic carbocycles. The molecule has 0 unspecified atom stereocenters. The minimum atomic E-state index is 0.212. The molecule has 9 heteroatoms. The van der Waals surface area contributed by atoms with Crippen molar-refractivity contribution in [3.8, 4) is 22.8 Å². The third-order valence-electron chi connectivity index (χ3n) is 5.28. The van der Waals surface area contributed by atoms with Crippen LogP contribution in [0.5, 0.6) is 11.5 Å². The lowest BCUT2D eigenvalue weighted by molar-refractivity contribution is 0.296. The van der Waals surface area contributed by atoms with Crippen LogP contribution in [0.1, 0.15) is 5.82 Å². The predicted octanol–water partition coefficient (Wildman–Crippen LogP) is 3.57. The van der Waals surface area contributed by atoms with Crippen molar-refractivity contribution in [3.05, 3.63) is 79.1 Å². The summed E-state index contributed by atoms with van der Waals surface area (Å²) in [5, 5.41) is 14.1. The quantitative estimate of drug-likeness (QED) is 0.418. The first-order valence-corrected chi connectivity index (χ1v) is 9.98. The molecule has 0 bridgehead atoms. The van der Waals surface area contributed by atoms with E-state index in [0.29, 0.717) is 17.2 Å². The molecule has 0 aliphatic heterocycles.